The summed E-state index contributed by atoms with van der Waals surface area (Å²) in [4.78, 5) is 10.6. The van der Waals surface area contributed by atoms with E-state index in [0.717, 1.165) is 6.08 Å². The van der Waals surface area contributed by atoms with Gasteiger partial charge < -0.3 is 19.9 Å². The highest BCUT2D eigenvalue weighted by atomic mass is 16.6. The molecule has 0 heterocycles. The van der Waals surface area contributed by atoms with Crippen LogP contribution in [0.5, 0.6) is 0 Å². The fraction of sp³-hybridized carbons (Fsp3) is 0.727. The standard InChI is InChI=1S/C11H21NO4/c1-4-10(13)15-7-8-16-11(14)5-6-12-9(2)3/h4,9,11-12,14H,1,5-8H2,2-3H3. The van der Waals surface area contributed by atoms with Gasteiger partial charge in [-0.3, -0.25) is 0 Å². The molecule has 0 bridgehead atoms. The summed E-state index contributed by atoms with van der Waals surface area (Å²) in [5, 5.41) is 12.5. The highest BCUT2D eigenvalue weighted by Crippen LogP contribution is 1.93. The van der Waals surface area contributed by atoms with Gasteiger partial charge in [-0.1, -0.05) is 20.4 Å². The molecule has 0 rings (SSSR count). The lowest BCUT2D eigenvalue weighted by molar-refractivity contribution is -0.146. The molecule has 1 unspecified atom stereocenters. The molecule has 0 saturated carbocycles. The largest absolute Gasteiger partial charge is 0.460 e. The Morgan fingerprint density at radius 1 is 1.50 bits per heavy atom. The molecule has 16 heavy (non-hydrogen) atoms. The van der Waals surface area contributed by atoms with E-state index in [-0.39, 0.29) is 13.2 Å². The second-order valence-electron chi connectivity index (χ2n) is 3.59. The van der Waals surface area contributed by atoms with Crippen molar-refractivity contribution in [1.29, 1.82) is 0 Å². The zero-order chi connectivity index (χ0) is 12.4. The van der Waals surface area contributed by atoms with Gasteiger partial charge in [0.1, 0.15) is 6.61 Å². The van der Waals surface area contributed by atoms with Crippen molar-refractivity contribution in [1.82, 2.24) is 5.32 Å². The van der Waals surface area contributed by atoms with Crippen LogP contribution in [-0.2, 0) is 14.3 Å². The second-order valence-corrected chi connectivity index (χ2v) is 3.59. The molecular formula is C11H21NO4. The Balaban J connectivity index is 3.33. The fourth-order valence-electron chi connectivity index (χ4n) is 0.964. The van der Waals surface area contributed by atoms with E-state index in [1.165, 1.54) is 0 Å². The lowest BCUT2D eigenvalue weighted by atomic mass is 10.3. The number of carbonyl (C=O) groups excluding carboxylic acids is 1. The summed E-state index contributed by atoms with van der Waals surface area (Å²) < 4.78 is 9.70. The molecule has 0 aliphatic heterocycles. The van der Waals surface area contributed by atoms with Crippen molar-refractivity contribution in [2.24, 2.45) is 0 Å². The smallest absolute Gasteiger partial charge is 0.330 e. The summed E-state index contributed by atoms with van der Waals surface area (Å²) >= 11 is 0. The average Bonchev–Trinajstić information content (AvgIpc) is 2.23. The predicted octanol–water partition coefficient (Wildman–Crippen LogP) is 0.439. The van der Waals surface area contributed by atoms with Crippen LogP contribution in [0.2, 0.25) is 0 Å². The minimum Gasteiger partial charge on any atom is -0.460 e. The van der Waals surface area contributed by atoms with Crippen LogP contribution in [0.25, 0.3) is 0 Å². The topological polar surface area (TPSA) is 67.8 Å². The summed E-state index contributed by atoms with van der Waals surface area (Å²) in [5.41, 5.74) is 0. The number of hydrogen-bond acceptors (Lipinski definition) is 5. The van der Waals surface area contributed by atoms with Gasteiger partial charge in [-0.2, -0.15) is 0 Å². The second kappa shape index (κ2) is 9.33. The van der Waals surface area contributed by atoms with Gasteiger partial charge in [-0.15, -0.1) is 0 Å². The maximum Gasteiger partial charge on any atom is 0.330 e. The lowest BCUT2D eigenvalue weighted by Gasteiger charge is -2.13. The van der Waals surface area contributed by atoms with Gasteiger partial charge in [0.15, 0.2) is 6.29 Å². The van der Waals surface area contributed by atoms with E-state index in [1.807, 2.05) is 13.8 Å². The number of esters is 1. The zero-order valence-electron chi connectivity index (χ0n) is 9.94. The molecule has 94 valence electrons. The van der Waals surface area contributed by atoms with E-state index < -0.39 is 12.3 Å². The summed E-state index contributed by atoms with van der Waals surface area (Å²) in [6.45, 7) is 8.31. The van der Waals surface area contributed by atoms with Crippen LogP contribution in [-0.4, -0.2) is 43.2 Å². The Morgan fingerprint density at radius 3 is 2.75 bits per heavy atom. The van der Waals surface area contributed by atoms with Crippen LogP contribution in [0.15, 0.2) is 12.7 Å². The SMILES string of the molecule is C=CC(=O)OCCOC(O)CCNC(C)C. The first-order valence-corrected chi connectivity index (χ1v) is 5.38. The third kappa shape index (κ3) is 9.64. The molecule has 5 heteroatoms. The minimum atomic E-state index is -0.825. The van der Waals surface area contributed by atoms with Gasteiger partial charge in [-0.05, 0) is 0 Å². The van der Waals surface area contributed by atoms with E-state index in [1.54, 1.807) is 0 Å². The molecular weight excluding hydrogens is 210 g/mol. The van der Waals surface area contributed by atoms with Crippen LogP contribution in [0, 0.1) is 0 Å². The van der Waals surface area contributed by atoms with Crippen LogP contribution in [0.1, 0.15) is 20.3 Å². The van der Waals surface area contributed by atoms with E-state index in [2.05, 4.69) is 16.6 Å². The van der Waals surface area contributed by atoms with E-state index >= 15 is 0 Å². The summed E-state index contributed by atoms with van der Waals surface area (Å²) in [6.07, 6.45) is 0.769. The van der Waals surface area contributed by atoms with Gasteiger partial charge >= 0.3 is 5.97 Å². The Labute approximate surface area is 96.4 Å². The minimum absolute atomic E-state index is 0.125. The highest BCUT2D eigenvalue weighted by Gasteiger charge is 2.04. The van der Waals surface area contributed by atoms with Crippen molar-refractivity contribution in [3.63, 3.8) is 0 Å². The number of rotatable bonds is 9. The lowest BCUT2D eigenvalue weighted by Crippen LogP contribution is -2.28. The number of ether oxygens (including phenoxy) is 2. The molecule has 0 amide bonds. The molecule has 0 aliphatic rings. The van der Waals surface area contributed by atoms with Gasteiger partial charge in [0.05, 0.1) is 6.61 Å². The molecule has 0 aromatic heterocycles. The normalized spacial score (nSPS) is 12.5. The maximum atomic E-state index is 10.6. The third-order valence-corrected chi connectivity index (χ3v) is 1.75. The number of carbonyl (C=O) groups is 1. The first-order chi connectivity index (χ1) is 7.56. The number of nitrogens with one attached hydrogen (secondary N) is 1. The Bertz CT molecular complexity index is 206. The Morgan fingerprint density at radius 2 is 2.19 bits per heavy atom. The van der Waals surface area contributed by atoms with Gasteiger partial charge in [0.25, 0.3) is 0 Å². The fourth-order valence-corrected chi connectivity index (χ4v) is 0.964. The quantitative estimate of drug-likeness (QED) is 0.261. The van der Waals surface area contributed by atoms with Crippen molar-refractivity contribution in [2.75, 3.05) is 19.8 Å². The van der Waals surface area contributed by atoms with Crippen LogP contribution in [0.4, 0.5) is 0 Å². The molecule has 0 aromatic rings. The molecule has 2 N–H and O–H groups in total. The van der Waals surface area contributed by atoms with E-state index in [0.29, 0.717) is 19.0 Å². The monoisotopic (exact) mass is 231 g/mol. The summed E-state index contributed by atoms with van der Waals surface area (Å²) in [6, 6.07) is 0.390. The molecule has 1 atom stereocenters. The van der Waals surface area contributed by atoms with Crippen molar-refractivity contribution in [3.05, 3.63) is 12.7 Å². The van der Waals surface area contributed by atoms with E-state index in [9.17, 15) is 9.90 Å². The van der Waals surface area contributed by atoms with Gasteiger partial charge in [0.2, 0.25) is 0 Å². The third-order valence-electron chi connectivity index (χ3n) is 1.75. The van der Waals surface area contributed by atoms with Crippen LogP contribution in [0.3, 0.4) is 0 Å². The Kier molecular flexibility index (Phi) is 8.80. The predicted molar refractivity (Wildman–Crippen MR) is 60.9 cm³/mol. The zero-order valence-corrected chi connectivity index (χ0v) is 9.94. The number of aliphatic hydroxyl groups excluding tert-OH is 1. The maximum absolute atomic E-state index is 10.6. The van der Waals surface area contributed by atoms with Gasteiger partial charge in [-0.25, -0.2) is 4.79 Å². The Hall–Kier alpha value is -0.910. The summed E-state index contributed by atoms with van der Waals surface area (Å²) in [5.74, 6) is -0.487. The van der Waals surface area contributed by atoms with Crippen molar-refractivity contribution >= 4 is 5.97 Å². The average molecular weight is 231 g/mol. The van der Waals surface area contributed by atoms with Gasteiger partial charge in [0, 0.05) is 25.1 Å². The van der Waals surface area contributed by atoms with E-state index in [4.69, 9.17) is 4.74 Å². The number of aliphatic hydroxyl groups is 1. The van der Waals surface area contributed by atoms with Crippen molar-refractivity contribution in [3.8, 4) is 0 Å². The molecule has 0 radical (unpaired) electrons. The first-order valence-electron chi connectivity index (χ1n) is 5.38. The molecule has 0 aliphatic carbocycles. The number of hydrogen-bond donors (Lipinski definition) is 2. The van der Waals surface area contributed by atoms with Crippen molar-refractivity contribution < 1.29 is 19.4 Å². The van der Waals surface area contributed by atoms with Crippen LogP contribution >= 0.6 is 0 Å². The first kappa shape index (κ1) is 15.1. The molecule has 0 aromatic carbocycles. The molecule has 0 spiro atoms. The molecule has 5 nitrogen and oxygen atoms in total. The molecule has 0 fully saturated rings. The van der Waals surface area contributed by atoms with Crippen LogP contribution < -0.4 is 5.32 Å². The molecule has 0 saturated heterocycles. The summed E-state index contributed by atoms with van der Waals surface area (Å²) in [7, 11) is 0. The highest BCUT2D eigenvalue weighted by molar-refractivity contribution is 5.81. The van der Waals surface area contributed by atoms with Crippen molar-refractivity contribution in [2.45, 2.75) is 32.6 Å².